The Bertz CT molecular complexity index is 551. The third-order valence-corrected chi connectivity index (χ3v) is 3.56. The molecule has 0 bridgehead atoms. The van der Waals surface area contributed by atoms with Crippen molar-refractivity contribution in [3.8, 4) is 0 Å². The molecule has 1 aromatic heterocycles. The van der Waals surface area contributed by atoms with Gasteiger partial charge in [0.15, 0.2) is 0 Å². The summed E-state index contributed by atoms with van der Waals surface area (Å²) in [6, 6.07) is 12.7. The Kier molecular flexibility index (Phi) is 4.74. The number of aromatic nitrogens is 1. The maximum Gasteiger partial charge on any atom is 0.131 e. The minimum absolute atomic E-state index is 0.0784. The van der Waals surface area contributed by atoms with Crippen LogP contribution >= 0.6 is 0 Å². The lowest BCUT2D eigenvalue weighted by Gasteiger charge is -2.21. The van der Waals surface area contributed by atoms with E-state index in [2.05, 4.69) is 61.1 Å². The van der Waals surface area contributed by atoms with Crippen LogP contribution in [0.1, 0.15) is 36.1 Å². The first-order valence-corrected chi connectivity index (χ1v) is 7.09. The van der Waals surface area contributed by atoms with Crippen LogP contribution in [-0.4, -0.2) is 12.0 Å². The van der Waals surface area contributed by atoms with Gasteiger partial charge in [0.25, 0.3) is 0 Å². The van der Waals surface area contributed by atoms with Crippen LogP contribution in [0.4, 0.5) is 5.82 Å². The molecule has 3 nitrogen and oxygen atoms in total. The Morgan fingerprint density at radius 3 is 2.55 bits per heavy atom. The molecule has 3 heteroatoms. The van der Waals surface area contributed by atoms with Crippen LogP contribution in [0, 0.1) is 6.92 Å². The van der Waals surface area contributed by atoms with Crippen LogP contribution < -0.4 is 10.6 Å². The minimum Gasteiger partial charge on any atom is -0.355 e. The van der Waals surface area contributed by atoms with Crippen molar-refractivity contribution < 1.29 is 0 Å². The molecule has 0 unspecified atom stereocenters. The number of anilines is 1. The van der Waals surface area contributed by atoms with E-state index in [9.17, 15) is 0 Å². The highest BCUT2D eigenvalue weighted by Gasteiger charge is 2.10. The Morgan fingerprint density at radius 2 is 1.95 bits per heavy atom. The zero-order valence-corrected chi connectivity index (χ0v) is 12.5. The van der Waals surface area contributed by atoms with Crippen molar-refractivity contribution in [2.24, 2.45) is 5.73 Å². The van der Waals surface area contributed by atoms with Crippen LogP contribution in [0.2, 0.25) is 0 Å². The fourth-order valence-corrected chi connectivity index (χ4v) is 2.36. The first-order chi connectivity index (χ1) is 9.61. The molecule has 0 aliphatic carbocycles. The van der Waals surface area contributed by atoms with Gasteiger partial charge in [0, 0.05) is 25.8 Å². The lowest BCUT2D eigenvalue weighted by atomic mass is 10.1. The number of hydrogen-bond donors (Lipinski definition) is 1. The summed E-state index contributed by atoms with van der Waals surface area (Å²) in [6.07, 6.45) is 2.83. The summed E-state index contributed by atoms with van der Waals surface area (Å²) in [6.45, 7) is 5.04. The molecule has 1 atom stereocenters. The van der Waals surface area contributed by atoms with Crippen molar-refractivity contribution in [3.05, 3.63) is 59.3 Å². The van der Waals surface area contributed by atoms with Gasteiger partial charge in [-0.25, -0.2) is 4.98 Å². The second-order valence-corrected chi connectivity index (χ2v) is 5.27. The van der Waals surface area contributed by atoms with Gasteiger partial charge >= 0.3 is 0 Å². The van der Waals surface area contributed by atoms with Crippen molar-refractivity contribution in [3.63, 3.8) is 0 Å². The van der Waals surface area contributed by atoms with Crippen LogP contribution in [0.25, 0.3) is 0 Å². The highest BCUT2D eigenvalue weighted by atomic mass is 15.2. The van der Waals surface area contributed by atoms with Gasteiger partial charge in [0.2, 0.25) is 0 Å². The number of nitrogens with zero attached hydrogens (tertiary/aromatic N) is 2. The third-order valence-electron chi connectivity index (χ3n) is 3.56. The average Bonchev–Trinajstić information content (AvgIpc) is 2.47. The Hall–Kier alpha value is -1.87. The standard InChI is InChI=1S/C17H23N3/c1-4-16(18)15-10-13(2)17(19-11-15)20(3)12-14-8-6-5-7-9-14/h5-11,16H,4,12,18H2,1-3H3/t16-/m0/s1. The zero-order chi connectivity index (χ0) is 14.5. The number of aryl methyl sites for hydroxylation is 1. The normalized spacial score (nSPS) is 12.2. The summed E-state index contributed by atoms with van der Waals surface area (Å²) in [5, 5.41) is 0. The van der Waals surface area contributed by atoms with Crippen molar-refractivity contribution in [1.82, 2.24) is 4.98 Å². The molecule has 0 saturated heterocycles. The molecule has 2 aromatic rings. The molecule has 1 heterocycles. The second-order valence-electron chi connectivity index (χ2n) is 5.27. The summed E-state index contributed by atoms with van der Waals surface area (Å²) in [7, 11) is 2.07. The predicted octanol–water partition coefficient (Wildman–Crippen LogP) is 3.44. The van der Waals surface area contributed by atoms with E-state index in [0.29, 0.717) is 0 Å². The topological polar surface area (TPSA) is 42.1 Å². The lowest BCUT2D eigenvalue weighted by molar-refractivity contribution is 0.693. The third kappa shape index (κ3) is 3.36. The van der Waals surface area contributed by atoms with Gasteiger partial charge in [-0.05, 0) is 36.1 Å². The number of hydrogen-bond acceptors (Lipinski definition) is 3. The summed E-state index contributed by atoms with van der Waals surface area (Å²) < 4.78 is 0. The van der Waals surface area contributed by atoms with Crippen LogP contribution in [0.15, 0.2) is 42.6 Å². The van der Waals surface area contributed by atoms with Gasteiger partial charge in [-0.2, -0.15) is 0 Å². The maximum atomic E-state index is 6.06. The molecular weight excluding hydrogens is 246 g/mol. The van der Waals surface area contributed by atoms with Gasteiger partial charge in [-0.3, -0.25) is 0 Å². The van der Waals surface area contributed by atoms with E-state index in [-0.39, 0.29) is 6.04 Å². The monoisotopic (exact) mass is 269 g/mol. The van der Waals surface area contributed by atoms with Gasteiger partial charge < -0.3 is 10.6 Å². The molecule has 0 saturated carbocycles. The fraction of sp³-hybridized carbons (Fsp3) is 0.353. The van der Waals surface area contributed by atoms with E-state index in [4.69, 9.17) is 5.73 Å². The first-order valence-electron chi connectivity index (χ1n) is 7.09. The first kappa shape index (κ1) is 14.5. The molecule has 0 aliphatic rings. The second kappa shape index (κ2) is 6.53. The van der Waals surface area contributed by atoms with E-state index in [1.165, 1.54) is 11.1 Å². The van der Waals surface area contributed by atoms with Crippen molar-refractivity contribution in [2.45, 2.75) is 32.9 Å². The Labute approximate surface area is 121 Å². The van der Waals surface area contributed by atoms with Crippen LogP contribution in [0.3, 0.4) is 0 Å². The van der Waals surface area contributed by atoms with E-state index >= 15 is 0 Å². The molecule has 0 fully saturated rings. The molecule has 106 valence electrons. The summed E-state index contributed by atoms with van der Waals surface area (Å²) in [5.41, 5.74) is 9.63. The van der Waals surface area contributed by atoms with Gasteiger partial charge in [0.05, 0.1) is 0 Å². The summed E-state index contributed by atoms with van der Waals surface area (Å²) >= 11 is 0. The van der Waals surface area contributed by atoms with Crippen molar-refractivity contribution >= 4 is 5.82 Å². The molecule has 2 N–H and O–H groups in total. The van der Waals surface area contributed by atoms with E-state index in [1.54, 1.807) is 0 Å². The van der Waals surface area contributed by atoms with Gasteiger partial charge in [-0.1, -0.05) is 37.3 Å². The van der Waals surface area contributed by atoms with E-state index < -0.39 is 0 Å². The largest absolute Gasteiger partial charge is 0.355 e. The Morgan fingerprint density at radius 1 is 1.25 bits per heavy atom. The number of nitrogens with two attached hydrogens (primary N) is 1. The average molecular weight is 269 g/mol. The lowest BCUT2D eigenvalue weighted by Crippen LogP contribution is -2.19. The molecule has 0 amide bonds. The molecule has 0 spiro atoms. The van der Waals surface area contributed by atoms with Crippen LogP contribution in [-0.2, 0) is 6.54 Å². The Balaban J connectivity index is 2.16. The van der Waals surface area contributed by atoms with Gasteiger partial charge in [0.1, 0.15) is 5.82 Å². The molecule has 20 heavy (non-hydrogen) atoms. The van der Waals surface area contributed by atoms with Crippen LogP contribution in [0.5, 0.6) is 0 Å². The minimum atomic E-state index is 0.0784. The number of benzene rings is 1. The zero-order valence-electron chi connectivity index (χ0n) is 12.5. The smallest absolute Gasteiger partial charge is 0.131 e. The molecule has 1 aromatic carbocycles. The summed E-state index contributed by atoms with van der Waals surface area (Å²) in [4.78, 5) is 6.76. The molecular formula is C17H23N3. The van der Waals surface area contributed by atoms with E-state index in [1.807, 2.05) is 12.3 Å². The molecule has 2 rings (SSSR count). The van der Waals surface area contributed by atoms with Crippen molar-refractivity contribution in [1.29, 1.82) is 0 Å². The molecule has 0 aliphatic heterocycles. The van der Waals surface area contributed by atoms with Gasteiger partial charge in [-0.15, -0.1) is 0 Å². The molecule has 0 radical (unpaired) electrons. The fourth-order valence-electron chi connectivity index (χ4n) is 2.36. The van der Waals surface area contributed by atoms with E-state index in [0.717, 1.165) is 24.3 Å². The number of rotatable bonds is 5. The predicted molar refractivity (Wildman–Crippen MR) is 84.7 cm³/mol. The summed E-state index contributed by atoms with van der Waals surface area (Å²) in [5.74, 6) is 1.01. The highest BCUT2D eigenvalue weighted by Crippen LogP contribution is 2.22. The highest BCUT2D eigenvalue weighted by molar-refractivity contribution is 5.47. The van der Waals surface area contributed by atoms with Crippen molar-refractivity contribution in [2.75, 3.05) is 11.9 Å². The number of pyridine rings is 1. The quantitative estimate of drug-likeness (QED) is 0.904. The SMILES string of the molecule is CC[C@H](N)c1cnc(N(C)Cc2ccccc2)c(C)c1. The maximum absolute atomic E-state index is 6.06.